The first-order chi connectivity index (χ1) is 7.20. The number of nitrogens with zero attached hydrogens (tertiary/aromatic N) is 1. The topological polar surface area (TPSA) is 26.0 Å². The fourth-order valence-corrected chi connectivity index (χ4v) is 1.59. The predicted octanol–water partition coefficient (Wildman–Crippen LogP) is 3.56. The molecule has 0 aliphatic carbocycles. The van der Waals surface area contributed by atoms with E-state index in [2.05, 4.69) is 19.0 Å². The lowest BCUT2D eigenvalue weighted by atomic mass is 10.0. The molecule has 2 aromatic rings. The van der Waals surface area contributed by atoms with Gasteiger partial charge in [-0.15, -0.1) is 0 Å². The molecular formula is C12H14FNO. The normalized spacial score (nSPS) is 13.3. The first-order valence-electron chi connectivity index (χ1n) is 5.24. The van der Waals surface area contributed by atoms with Crippen LogP contribution in [0.2, 0.25) is 0 Å². The van der Waals surface area contributed by atoms with Crippen LogP contribution in [0.3, 0.4) is 0 Å². The van der Waals surface area contributed by atoms with Crippen molar-refractivity contribution in [3.8, 4) is 0 Å². The van der Waals surface area contributed by atoms with E-state index in [1.54, 1.807) is 6.07 Å². The van der Waals surface area contributed by atoms with Crippen LogP contribution in [0.15, 0.2) is 22.7 Å². The van der Waals surface area contributed by atoms with Crippen molar-refractivity contribution in [3.63, 3.8) is 0 Å². The molecule has 15 heavy (non-hydrogen) atoms. The number of hydrogen-bond donors (Lipinski definition) is 0. The molecule has 0 fully saturated rings. The van der Waals surface area contributed by atoms with Crippen molar-refractivity contribution in [2.45, 2.75) is 26.7 Å². The smallest absolute Gasteiger partial charge is 0.170 e. The van der Waals surface area contributed by atoms with Crippen LogP contribution < -0.4 is 0 Å². The SMILES string of the molecule is CCC(C)Cc1noc2cc(F)ccc12. The minimum atomic E-state index is -0.284. The van der Waals surface area contributed by atoms with E-state index >= 15 is 0 Å². The highest BCUT2D eigenvalue weighted by molar-refractivity contribution is 5.79. The molecule has 0 bridgehead atoms. The number of hydrogen-bond acceptors (Lipinski definition) is 2. The van der Waals surface area contributed by atoms with Crippen LogP contribution in [0, 0.1) is 11.7 Å². The van der Waals surface area contributed by atoms with Gasteiger partial charge in [0, 0.05) is 11.5 Å². The zero-order valence-electron chi connectivity index (χ0n) is 8.96. The van der Waals surface area contributed by atoms with Gasteiger partial charge in [0.1, 0.15) is 5.82 Å². The van der Waals surface area contributed by atoms with E-state index in [-0.39, 0.29) is 5.82 Å². The molecule has 1 aromatic carbocycles. The van der Waals surface area contributed by atoms with E-state index in [0.717, 1.165) is 23.9 Å². The van der Waals surface area contributed by atoms with Crippen LogP contribution in [-0.4, -0.2) is 5.16 Å². The summed E-state index contributed by atoms with van der Waals surface area (Å²) >= 11 is 0. The minimum Gasteiger partial charge on any atom is -0.356 e. The fraction of sp³-hybridized carbons (Fsp3) is 0.417. The summed E-state index contributed by atoms with van der Waals surface area (Å²) in [5.74, 6) is 0.289. The molecule has 3 heteroatoms. The summed E-state index contributed by atoms with van der Waals surface area (Å²) in [7, 11) is 0. The zero-order chi connectivity index (χ0) is 10.8. The highest BCUT2D eigenvalue weighted by atomic mass is 19.1. The van der Waals surface area contributed by atoms with Gasteiger partial charge in [-0.1, -0.05) is 25.4 Å². The third-order valence-corrected chi connectivity index (χ3v) is 2.75. The maximum absolute atomic E-state index is 12.9. The van der Waals surface area contributed by atoms with Gasteiger partial charge in [0.05, 0.1) is 5.69 Å². The Bertz CT molecular complexity index is 464. The van der Waals surface area contributed by atoms with Crippen LogP contribution in [0.25, 0.3) is 11.0 Å². The summed E-state index contributed by atoms with van der Waals surface area (Å²) < 4.78 is 18.0. The Labute approximate surface area is 88.1 Å². The third kappa shape index (κ3) is 2.01. The molecule has 0 N–H and O–H groups in total. The van der Waals surface area contributed by atoms with Crippen molar-refractivity contribution in [1.29, 1.82) is 0 Å². The average molecular weight is 207 g/mol. The summed E-state index contributed by atoms with van der Waals surface area (Å²) in [6.07, 6.45) is 1.99. The molecule has 0 saturated carbocycles. The number of aromatic nitrogens is 1. The van der Waals surface area contributed by atoms with Crippen LogP contribution in [0.1, 0.15) is 26.0 Å². The average Bonchev–Trinajstić information content (AvgIpc) is 2.60. The van der Waals surface area contributed by atoms with Crippen LogP contribution in [0.5, 0.6) is 0 Å². The Morgan fingerprint density at radius 1 is 1.47 bits per heavy atom. The Kier molecular flexibility index (Phi) is 2.71. The quantitative estimate of drug-likeness (QED) is 0.769. The summed E-state index contributed by atoms with van der Waals surface area (Å²) in [5.41, 5.74) is 1.47. The summed E-state index contributed by atoms with van der Waals surface area (Å²) in [6, 6.07) is 4.56. The number of benzene rings is 1. The molecule has 0 amide bonds. The highest BCUT2D eigenvalue weighted by Gasteiger charge is 2.11. The van der Waals surface area contributed by atoms with Crippen molar-refractivity contribution in [3.05, 3.63) is 29.7 Å². The molecule has 0 saturated heterocycles. The number of halogens is 1. The van der Waals surface area contributed by atoms with Crippen LogP contribution in [0.4, 0.5) is 4.39 Å². The molecule has 2 rings (SSSR count). The van der Waals surface area contributed by atoms with E-state index in [4.69, 9.17) is 4.52 Å². The predicted molar refractivity (Wildman–Crippen MR) is 57.1 cm³/mol. The van der Waals surface area contributed by atoms with Gasteiger partial charge in [-0.2, -0.15) is 0 Å². The maximum atomic E-state index is 12.9. The molecular weight excluding hydrogens is 193 g/mol. The van der Waals surface area contributed by atoms with Gasteiger partial charge in [-0.3, -0.25) is 0 Å². The summed E-state index contributed by atoms with van der Waals surface area (Å²) in [6.45, 7) is 4.32. The zero-order valence-corrected chi connectivity index (χ0v) is 8.96. The van der Waals surface area contributed by atoms with Crippen molar-refractivity contribution in [2.75, 3.05) is 0 Å². The second kappa shape index (κ2) is 4.01. The standard InChI is InChI=1S/C12H14FNO/c1-3-8(2)6-11-10-5-4-9(13)7-12(10)15-14-11/h4-5,7-8H,3,6H2,1-2H3. The van der Waals surface area contributed by atoms with Gasteiger partial charge in [-0.05, 0) is 24.5 Å². The Balaban J connectivity index is 2.36. The Morgan fingerprint density at radius 2 is 2.27 bits per heavy atom. The molecule has 0 spiro atoms. The first-order valence-corrected chi connectivity index (χ1v) is 5.24. The molecule has 1 atom stereocenters. The van der Waals surface area contributed by atoms with E-state index in [9.17, 15) is 4.39 Å². The van der Waals surface area contributed by atoms with Crippen molar-refractivity contribution in [2.24, 2.45) is 5.92 Å². The van der Waals surface area contributed by atoms with Gasteiger partial charge >= 0.3 is 0 Å². The lowest BCUT2D eigenvalue weighted by Crippen LogP contribution is -1.98. The molecule has 1 unspecified atom stereocenters. The van der Waals surface area contributed by atoms with E-state index in [1.807, 2.05) is 0 Å². The van der Waals surface area contributed by atoms with E-state index in [1.165, 1.54) is 12.1 Å². The molecule has 1 aromatic heterocycles. The molecule has 0 radical (unpaired) electrons. The van der Waals surface area contributed by atoms with Gasteiger partial charge in [0.25, 0.3) is 0 Å². The monoisotopic (exact) mass is 207 g/mol. The fourth-order valence-electron chi connectivity index (χ4n) is 1.59. The minimum absolute atomic E-state index is 0.284. The lowest BCUT2D eigenvalue weighted by molar-refractivity contribution is 0.433. The highest BCUT2D eigenvalue weighted by Crippen LogP contribution is 2.22. The molecule has 0 aliphatic heterocycles. The van der Waals surface area contributed by atoms with Crippen molar-refractivity contribution >= 4 is 11.0 Å². The second-order valence-corrected chi connectivity index (χ2v) is 3.99. The van der Waals surface area contributed by atoms with Crippen LogP contribution >= 0.6 is 0 Å². The van der Waals surface area contributed by atoms with Gasteiger partial charge in [0.15, 0.2) is 5.58 Å². The largest absolute Gasteiger partial charge is 0.356 e. The Morgan fingerprint density at radius 3 is 3.00 bits per heavy atom. The lowest BCUT2D eigenvalue weighted by Gasteiger charge is -2.04. The summed E-state index contributed by atoms with van der Waals surface area (Å²) in [5, 5.41) is 4.91. The molecule has 2 nitrogen and oxygen atoms in total. The summed E-state index contributed by atoms with van der Waals surface area (Å²) in [4.78, 5) is 0. The van der Waals surface area contributed by atoms with E-state index in [0.29, 0.717) is 11.5 Å². The van der Waals surface area contributed by atoms with Crippen molar-refractivity contribution in [1.82, 2.24) is 5.16 Å². The Hall–Kier alpha value is -1.38. The van der Waals surface area contributed by atoms with Crippen molar-refractivity contribution < 1.29 is 8.91 Å². The van der Waals surface area contributed by atoms with E-state index < -0.39 is 0 Å². The first kappa shape index (κ1) is 10.1. The second-order valence-electron chi connectivity index (χ2n) is 3.99. The van der Waals surface area contributed by atoms with Gasteiger partial charge < -0.3 is 4.52 Å². The van der Waals surface area contributed by atoms with Crippen LogP contribution in [-0.2, 0) is 6.42 Å². The molecule has 1 heterocycles. The maximum Gasteiger partial charge on any atom is 0.170 e. The van der Waals surface area contributed by atoms with Gasteiger partial charge in [-0.25, -0.2) is 4.39 Å². The number of fused-ring (bicyclic) bond motifs is 1. The van der Waals surface area contributed by atoms with Gasteiger partial charge in [0.2, 0.25) is 0 Å². The third-order valence-electron chi connectivity index (χ3n) is 2.75. The molecule has 80 valence electrons. The number of rotatable bonds is 3. The molecule has 0 aliphatic rings.